The Balaban J connectivity index is 1.63. The van der Waals surface area contributed by atoms with Gasteiger partial charge in [0.15, 0.2) is 0 Å². The minimum atomic E-state index is -0.243. The van der Waals surface area contributed by atoms with Crippen LogP contribution in [0, 0.1) is 5.92 Å². The molecule has 2 heterocycles. The van der Waals surface area contributed by atoms with Gasteiger partial charge in [-0.15, -0.1) is 0 Å². The Morgan fingerprint density at radius 3 is 2.91 bits per heavy atom. The van der Waals surface area contributed by atoms with Gasteiger partial charge in [-0.3, -0.25) is 0 Å². The summed E-state index contributed by atoms with van der Waals surface area (Å²) in [5.74, 6) is 1.32. The van der Waals surface area contributed by atoms with Crippen molar-refractivity contribution in [1.29, 1.82) is 0 Å². The Morgan fingerprint density at radius 2 is 2.13 bits per heavy atom. The minimum absolute atomic E-state index is 0.162. The first-order chi connectivity index (χ1) is 11.3. The molecule has 1 N–H and O–H groups in total. The van der Waals surface area contributed by atoms with E-state index >= 15 is 0 Å². The van der Waals surface area contributed by atoms with Crippen molar-refractivity contribution in [2.75, 3.05) is 7.11 Å². The molecule has 4 rings (SSSR count). The van der Waals surface area contributed by atoms with Gasteiger partial charge in [-0.05, 0) is 48.9 Å². The summed E-state index contributed by atoms with van der Waals surface area (Å²) in [6.45, 7) is 0. The van der Waals surface area contributed by atoms with Crippen LogP contribution >= 0.6 is 0 Å². The van der Waals surface area contributed by atoms with Crippen molar-refractivity contribution in [1.82, 2.24) is 9.55 Å². The van der Waals surface area contributed by atoms with Crippen LogP contribution in [0.25, 0.3) is 11.3 Å². The number of hydrogen-bond donors (Lipinski definition) is 1. The SMILES string of the molecule is COc1ccc2c(c1)C(CC(O)C1CCCCC1)n1cncc1-2. The lowest BCUT2D eigenvalue weighted by atomic mass is 9.82. The van der Waals surface area contributed by atoms with Gasteiger partial charge in [0.05, 0.1) is 37.5 Å². The van der Waals surface area contributed by atoms with E-state index < -0.39 is 0 Å². The summed E-state index contributed by atoms with van der Waals surface area (Å²) in [5.41, 5.74) is 3.60. The van der Waals surface area contributed by atoms with E-state index in [0.29, 0.717) is 5.92 Å². The molecule has 1 fully saturated rings. The molecule has 2 unspecified atom stereocenters. The van der Waals surface area contributed by atoms with E-state index in [1.165, 1.54) is 30.4 Å². The van der Waals surface area contributed by atoms with Gasteiger partial charge in [-0.25, -0.2) is 4.98 Å². The monoisotopic (exact) mass is 312 g/mol. The molecule has 0 spiro atoms. The van der Waals surface area contributed by atoms with E-state index in [2.05, 4.69) is 21.7 Å². The maximum absolute atomic E-state index is 10.8. The van der Waals surface area contributed by atoms with E-state index in [1.807, 2.05) is 18.6 Å². The third-order valence-electron chi connectivity index (χ3n) is 5.55. The Hall–Kier alpha value is -1.81. The van der Waals surface area contributed by atoms with Gasteiger partial charge in [0.25, 0.3) is 0 Å². The van der Waals surface area contributed by atoms with Crippen molar-refractivity contribution >= 4 is 0 Å². The molecule has 4 nitrogen and oxygen atoms in total. The van der Waals surface area contributed by atoms with Crippen LogP contribution in [0.15, 0.2) is 30.7 Å². The van der Waals surface area contributed by atoms with Crippen LogP contribution in [-0.4, -0.2) is 27.9 Å². The maximum atomic E-state index is 10.8. The Morgan fingerprint density at radius 1 is 1.30 bits per heavy atom. The first-order valence-electron chi connectivity index (χ1n) is 8.66. The van der Waals surface area contributed by atoms with Crippen LogP contribution in [0.5, 0.6) is 5.75 Å². The lowest BCUT2D eigenvalue weighted by Gasteiger charge is -2.29. The fourth-order valence-corrected chi connectivity index (χ4v) is 4.27. The van der Waals surface area contributed by atoms with Gasteiger partial charge in [0.2, 0.25) is 0 Å². The van der Waals surface area contributed by atoms with E-state index in [9.17, 15) is 5.11 Å². The lowest BCUT2D eigenvalue weighted by molar-refractivity contribution is 0.0686. The van der Waals surface area contributed by atoms with E-state index in [0.717, 1.165) is 30.7 Å². The predicted molar refractivity (Wildman–Crippen MR) is 89.6 cm³/mol. The molecule has 1 aromatic heterocycles. The molecule has 0 amide bonds. The molecule has 1 aromatic carbocycles. The quantitative estimate of drug-likeness (QED) is 0.934. The molecule has 1 aliphatic heterocycles. The number of nitrogens with zero attached hydrogens (tertiary/aromatic N) is 2. The van der Waals surface area contributed by atoms with Gasteiger partial charge < -0.3 is 14.4 Å². The first-order valence-corrected chi connectivity index (χ1v) is 8.66. The number of hydrogen-bond acceptors (Lipinski definition) is 3. The molecule has 1 aliphatic carbocycles. The zero-order valence-electron chi connectivity index (χ0n) is 13.6. The number of rotatable bonds is 4. The van der Waals surface area contributed by atoms with Crippen LogP contribution in [0.3, 0.4) is 0 Å². The summed E-state index contributed by atoms with van der Waals surface area (Å²) >= 11 is 0. The fourth-order valence-electron chi connectivity index (χ4n) is 4.27. The number of imidazole rings is 1. The largest absolute Gasteiger partial charge is 0.497 e. The second-order valence-electron chi connectivity index (χ2n) is 6.86. The first kappa shape index (κ1) is 14.8. The second kappa shape index (κ2) is 6.00. The number of ether oxygens (including phenoxy) is 1. The molecule has 0 saturated heterocycles. The van der Waals surface area contributed by atoms with E-state index in [1.54, 1.807) is 7.11 Å². The third-order valence-corrected chi connectivity index (χ3v) is 5.55. The van der Waals surface area contributed by atoms with Crippen molar-refractivity contribution < 1.29 is 9.84 Å². The highest BCUT2D eigenvalue weighted by Crippen LogP contribution is 2.44. The Labute approximate surface area is 137 Å². The maximum Gasteiger partial charge on any atom is 0.119 e. The average molecular weight is 312 g/mol. The number of methoxy groups -OCH3 is 1. The zero-order valence-corrected chi connectivity index (χ0v) is 13.6. The highest BCUT2D eigenvalue weighted by Gasteiger charge is 2.32. The number of fused-ring (bicyclic) bond motifs is 3. The van der Waals surface area contributed by atoms with Crippen LogP contribution in [-0.2, 0) is 0 Å². The van der Waals surface area contributed by atoms with Crippen molar-refractivity contribution in [3.63, 3.8) is 0 Å². The van der Waals surface area contributed by atoms with Crippen molar-refractivity contribution in [2.24, 2.45) is 5.92 Å². The molecular formula is C19H24N2O2. The van der Waals surface area contributed by atoms with Crippen LogP contribution in [0.4, 0.5) is 0 Å². The summed E-state index contributed by atoms with van der Waals surface area (Å²) in [6.07, 6.45) is 10.5. The molecule has 122 valence electrons. The molecule has 2 aromatic rings. The molecule has 4 heteroatoms. The molecule has 23 heavy (non-hydrogen) atoms. The molecule has 2 aliphatic rings. The molecule has 2 atom stereocenters. The van der Waals surface area contributed by atoms with Gasteiger partial charge in [0, 0.05) is 5.56 Å². The van der Waals surface area contributed by atoms with Crippen molar-refractivity contribution in [3.8, 4) is 17.0 Å². The molecule has 0 radical (unpaired) electrons. The summed E-state index contributed by atoms with van der Waals surface area (Å²) in [6, 6.07) is 6.38. The lowest BCUT2D eigenvalue weighted by Crippen LogP contribution is -2.26. The van der Waals surface area contributed by atoms with Gasteiger partial charge in [0.1, 0.15) is 5.75 Å². The second-order valence-corrected chi connectivity index (χ2v) is 6.86. The smallest absolute Gasteiger partial charge is 0.119 e. The van der Waals surface area contributed by atoms with E-state index in [4.69, 9.17) is 4.74 Å². The number of benzene rings is 1. The standard InChI is InChI=1S/C19H24N2O2/c1-23-14-7-8-15-16(9-14)17(21-12-20-11-18(15)21)10-19(22)13-5-3-2-4-6-13/h7-9,11-13,17,19,22H,2-6,10H2,1H3. The summed E-state index contributed by atoms with van der Waals surface area (Å²) in [7, 11) is 1.70. The molecule has 1 saturated carbocycles. The summed E-state index contributed by atoms with van der Waals surface area (Å²) in [5, 5.41) is 10.8. The molecule has 0 bridgehead atoms. The Bertz CT molecular complexity index is 688. The summed E-state index contributed by atoms with van der Waals surface area (Å²) < 4.78 is 7.60. The molecular weight excluding hydrogens is 288 g/mol. The predicted octanol–water partition coefficient (Wildman–Crippen LogP) is 3.79. The third kappa shape index (κ3) is 2.55. The topological polar surface area (TPSA) is 47.3 Å². The van der Waals surface area contributed by atoms with Gasteiger partial charge in [-0.2, -0.15) is 0 Å². The Kier molecular flexibility index (Phi) is 3.85. The van der Waals surface area contributed by atoms with Crippen molar-refractivity contribution in [2.45, 2.75) is 50.7 Å². The van der Waals surface area contributed by atoms with Crippen LogP contribution < -0.4 is 4.74 Å². The van der Waals surface area contributed by atoms with E-state index in [-0.39, 0.29) is 12.1 Å². The number of aliphatic hydroxyl groups excluding tert-OH is 1. The minimum Gasteiger partial charge on any atom is -0.497 e. The van der Waals surface area contributed by atoms with Crippen molar-refractivity contribution in [3.05, 3.63) is 36.3 Å². The normalized spacial score (nSPS) is 21.7. The van der Waals surface area contributed by atoms with Gasteiger partial charge >= 0.3 is 0 Å². The number of aromatic nitrogens is 2. The fraction of sp³-hybridized carbons (Fsp3) is 0.526. The van der Waals surface area contributed by atoms with Crippen LogP contribution in [0.2, 0.25) is 0 Å². The van der Waals surface area contributed by atoms with Gasteiger partial charge in [-0.1, -0.05) is 19.3 Å². The summed E-state index contributed by atoms with van der Waals surface area (Å²) in [4.78, 5) is 4.31. The highest BCUT2D eigenvalue weighted by atomic mass is 16.5. The van der Waals surface area contributed by atoms with Crippen LogP contribution in [0.1, 0.15) is 50.1 Å². The highest BCUT2D eigenvalue weighted by molar-refractivity contribution is 5.70. The average Bonchev–Trinajstić information content (AvgIpc) is 3.18. The zero-order chi connectivity index (χ0) is 15.8. The number of aliphatic hydroxyl groups is 1.